The molecule has 10 nitrogen and oxygen atoms in total. The van der Waals surface area contributed by atoms with Crippen LogP contribution in [0.4, 0.5) is 0 Å². The molecule has 0 bridgehead atoms. The number of carboxylic acids is 1. The number of nitrogens with zero attached hydrogens (tertiary/aromatic N) is 4. The van der Waals surface area contributed by atoms with E-state index in [9.17, 15) is 18.3 Å². The molecule has 206 valence electrons. The van der Waals surface area contributed by atoms with Crippen molar-refractivity contribution >= 4 is 67.4 Å². The van der Waals surface area contributed by atoms with Crippen molar-refractivity contribution in [1.29, 1.82) is 0 Å². The molecule has 1 aliphatic rings. The monoisotopic (exact) mass is 582 g/mol. The molecule has 4 rings (SSSR count). The van der Waals surface area contributed by atoms with Crippen LogP contribution in [0.2, 0.25) is 0 Å². The Hall–Kier alpha value is -1.77. The van der Waals surface area contributed by atoms with Gasteiger partial charge in [0.05, 0.1) is 36.1 Å². The second kappa shape index (κ2) is 13.3. The van der Waals surface area contributed by atoms with Crippen LogP contribution in [-0.4, -0.2) is 138 Å². The van der Waals surface area contributed by atoms with Crippen molar-refractivity contribution in [2.45, 2.75) is 30.6 Å². The summed E-state index contributed by atoms with van der Waals surface area (Å²) in [5.74, 6) is -0.175. The molecule has 1 heterocycles. The first-order chi connectivity index (χ1) is 18.1. The minimum atomic E-state index is -3.72. The number of rotatable bonds is 10. The number of hydrogen-bond acceptors (Lipinski definition) is 7. The summed E-state index contributed by atoms with van der Waals surface area (Å²) in [4.78, 5) is 14.2. The molecule has 1 aromatic heterocycles. The van der Waals surface area contributed by atoms with Gasteiger partial charge in [-0.1, -0.05) is 6.07 Å². The Bertz CT molecular complexity index is 1430. The summed E-state index contributed by atoms with van der Waals surface area (Å²) in [5, 5.41) is 14.2. The molecule has 2 aromatic carbocycles. The van der Waals surface area contributed by atoms with Crippen molar-refractivity contribution in [1.82, 2.24) is 19.0 Å². The summed E-state index contributed by atoms with van der Waals surface area (Å²) >= 11 is 0. The molecule has 0 fully saturated rings. The molecular formula is C27H35KN4O6S. The van der Waals surface area contributed by atoms with E-state index in [-0.39, 0.29) is 57.1 Å². The predicted octanol–water partition coefficient (Wildman–Crippen LogP) is 2.67. The average Bonchev–Trinajstić information content (AvgIpc) is 3.35. The first-order valence-corrected chi connectivity index (χ1v) is 13.8. The molecule has 0 saturated heterocycles. The normalized spacial score (nSPS) is 13.2. The second-order valence-electron chi connectivity index (χ2n) is 9.55. The van der Waals surface area contributed by atoms with Gasteiger partial charge in [-0.3, -0.25) is 0 Å². The van der Waals surface area contributed by atoms with E-state index in [0.29, 0.717) is 59.3 Å². The fourth-order valence-corrected chi connectivity index (χ4v) is 6.27. The summed E-state index contributed by atoms with van der Waals surface area (Å²) < 4.78 is 41.3. The van der Waals surface area contributed by atoms with Gasteiger partial charge in [0.25, 0.3) is 0 Å². The van der Waals surface area contributed by atoms with Gasteiger partial charge in [-0.2, -0.15) is 9.40 Å². The molecule has 0 aliphatic heterocycles. The van der Waals surface area contributed by atoms with Crippen LogP contribution in [0.5, 0.6) is 11.5 Å². The number of benzene rings is 2. The Morgan fingerprint density at radius 2 is 1.62 bits per heavy atom. The summed E-state index contributed by atoms with van der Waals surface area (Å²) in [6.45, 7) is 0.968. The van der Waals surface area contributed by atoms with Gasteiger partial charge in [0.1, 0.15) is 11.5 Å². The number of fused-ring (bicyclic) bond motifs is 1. The summed E-state index contributed by atoms with van der Waals surface area (Å²) in [7, 11) is 4.75. The van der Waals surface area contributed by atoms with Crippen LogP contribution < -0.4 is 9.47 Å². The number of ether oxygens (including phenoxy) is 2. The van der Waals surface area contributed by atoms with Gasteiger partial charge < -0.3 is 19.5 Å². The first kappa shape index (κ1) is 31.8. The molecule has 0 saturated carbocycles. The average molecular weight is 583 g/mol. The van der Waals surface area contributed by atoms with Gasteiger partial charge in [0.2, 0.25) is 10.0 Å². The minimum absolute atomic E-state index is 0. The number of likely N-dealkylation sites (N-methyl/N-ethyl adjacent to an activating group) is 2. The maximum atomic E-state index is 13.6. The zero-order chi connectivity index (χ0) is 27.6. The molecular weight excluding hydrogens is 547 g/mol. The molecule has 1 aliphatic carbocycles. The predicted molar refractivity (Wildman–Crippen MR) is 151 cm³/mol. The number of sulfonamides is 1. The first-order valence-electron chi connectivity index (χ1n) is 12.4. The zero-order valence-electron chi connectivity index (χ0n) is 22.4. The molecule has 0 unspecified atom stereocenters. The van der Waals surface area contributed by atoms with Crippen LogP contribution in [0, 0.1) is 0 Å². The van der Waals surface area contributed by atoms with Gasteiger partial charge in [0.15, 0.2) is 5.69 Å². The standard InChI is InChI=1S/C27H34N4O6S.K.H/c1-29(2)15-16-30(3)38(34,35)25-14-13-21(18-9-6-7-10-19(18)25)31-22(17-20(28-31)27(32)33)26-23(36-4)11-8-12-24(26)37-5;;/h8,11-14,17H,6-7,9-10,15-16H2,1-5H3,(H,32,33);;. The Morgan fingerprint density at radius 1 is 1.00 bits per heavy atom. The summed E-state index contributed by atoms with van der Waals surface area (Å²) in [5.41, 5.74) is 3.15. The molecule has 0 amide bonds. The van der Waals surface area contributed by atoms with Crippen LogP contribution in [0.1, 0.15) is 34.5 Å². The Balaban J connectivity index is 0.00000420. The van der Waals surface area contributed by atoms with Crippen LogP contribution in [-0.2, 0) is 22.9 Å². The number of hydrogen-bond donors (Lipinski definition) is 1. The van der Waals surface area contributed by atoms with E-state index in [1.54, 1.807) is 42.1 Å². The van der Waals surface area contributed by atoms with E-state index in [2.05, 4.69) is 5.10 Å². The van der Waals surface area contributed by atoms with Crippen molar-refractivity contribution in [3.63, 3.8) is 0 Å². The Morgan fingerprint density at radius 3 is 2.18 bits per heavy atom. The van der Waals surface area contributed by atoms with Crippen LogP contribution in [0.3, 0.4) is 0 Å². The topological polar surface area (TPSA) is 114 Å². The van der Waals surface area contributed by atoms with E-state index in [1.807, 2.05) is 19.0 Å². The van der Waals surface area contributed by atoms with Crippen LogP contribution in [0.25, 0.3) is 16.9 Å². The second-order valence-corrected chi connectivity index (χ2v) is 11.6. The SMILES string of the molecule is COc1cccc(OC)c1-c1cc(C(=O)O)nn1-c1ccc(S(=O)(=O)N(C)CCN(C)C)c2c1CCCC2.[KH]. The number of methoxy groups -OCH3 is 2. The van der Waals surface area contributed by atoms with Crippen LogP contribution >= 0.6 is 0 Å². The number of carboxylic acid groups (broad SMARTS) is 1. The molecule has 0 spiro atoms. The third kappa shape index (κ3) is 6.43. The summed E-state index contributed by atoms with van der Waals surface area (Å²) in [6, 6.07) is 10.1. The maximum absolute atomic E-state index is 13.6. The van der Waals surface area contributed by atoms with Gasteiger partial charge >= 0.3 is 57.4 Å². The van der Waals surface area contributed by atoms with Crippen molar-refractivity contribution < 1.29 is 27.8 Å². The summed E-state index contributed by atoms with van der Waals surface area (Å²) in [6.07, 6.45) is 3.02. The Labute approximate surface area is 272 Å². The number of aromatic carboxylic acids is 1. The van der Waals surface area contributed by atoms with Crippen LogP contribution in [0.15, 0.2) is 41.3 Å². The molecule has 1 N–H and O–H groups in total. The third-order valence-corrected chi connectivity index (χ3v) is 8.80. The third-order valence-electron chi connectivity index (χ3n) is 6.86. The quantitative estimate of drug-likeness (QED) is 0.363. The van der Waals surface area contributed by atoms with Gasteiger partial charge in [-0.15, -0.1) is 0 Å². The fourth-order valence-electron chi connectivity index (χ4n) is 4.84. The van der Waals surface area contributed by atoms with Crippen molar-refractivity contribution in [2.24, 2.45) is 0 Å². The molecule has 0 radical (unpaired) electrons. The van der Waals surface area contributed by atoms with Gasteiger partial charge in [-0.25, -0.2) is 17.9 Å². The van der Waals surface area contributed by atoms with Crippen molar-refractivity contribution in [3.8, 4) is 28.4 Å². The van der Waals surface area contributed by atoms with Crippen molar-refractivity contribution in [3.05, 3.63) is 53.2 Å². The van der Waals surface area contributed by atoms with E-state index in [4.69, 9.17) is 9.47 Å². The fraction of sp³-hybridized carbons (Fsp3) is 0.407. The van der Waals surface area contributed by atoms with E-state index in [0.717, 1.165) is 24.0 Å². The van der Waals surface area contributed by atoms with E-state index >= 15 is 0 Å². The van der Waals surface area contributed by atoms with E-state index < -0.39 is 16.0 Å². The van der Waals surface area contributed by atoms with Gasteiger partial charge in [-0.05, 0) is 81.2 Å². The molecule has 3 aromatic rings. The number of carbonyl (C=O) groups is 1. The van der Waals surface area contributed by atoms with Gasteiger partial charge in [0, 0.05) is 20.1 Å². The zero-order valence-corrected chi connectivity index (χ0v) is 23.2. The molecule has 12 heteroatoms. The Kier molecular flexibility index (Phi) is 10.8. The molecule has 0 atom stereocenters. The van der Waals surface area contributed by atoms with Crippen molar-refractivity contribution in [2.75, 3.05) is 48.5 Å². The molecule has 39 heavy (non-hydrogen) atoms. The van der Waals surface area contributed by atoms with E-state index in [1.165, 1.54) is 24.6 Å². The number of aromatic nitrogens is 2.